The first-order valence-corrected chi connectivity index (χ1v) is 10.0. The average molecular weight is 516 g/mol. The maximum absolute atomic E-state index is 6.11. The summed E-state index contributed by atoms with van der Waals surface area (Å²) in [5, 5.41) is 4.19. The van der Waals surface area contributed by atoms with Crippen molar-refractivity contribution in [3.63, 3.8) is 0 Å². The summed E-state index contributed by atoms with van der Waals surface area (Å²) in [6.45, 7) is 6.77. The van der Waals surface area contributed by atoms with Gasteiger partial charge in [-0.1, -0.05) is 29.8 Å². The molecule has 2 heterocycles. The second-order valence-electron chi connectivity index (χ2n) is 7.25. The van der Waals surface area contributed by atoms with E-state index in [0.29, 0.717) is 5.92 Å². The molecule has 0 radical (unpaired) electrons. The molecule has 3 rings (SSSR count). The van der Waals surface area contributed by atoms with Gasteiger partial charge < -0.3 is 19.7 Å². The van der Waals surface area contributed by atoms with Gasteiger partial charge in [-0.25, -0.2) is 0 Å². The van der Waals surface area contributed by atoms with Gasteiger partial charge in [-0.2, -0.15) is 0 Å². The van der Waals surface area contributed by atoms with E-state index < -0.39 is 0 Å². The molecule has 1 atom stereocenters. The SMILES string of the molecule is CCNC(=NCC1CCN(c2ccccc2)C1)N(C)Cc1cc(Cl)cn1C.I. The minimum atomic E-state index is 0. The summed E-state index contributed by atoms with van der Waals surface area (Å²) < 4.78 is 2.07. The highest BCUT2D eigenvalue weighted by Gasteiger charge is 2.22. The van der Waals surface area contributed by atoms with Gasteiger partial charge in [0, 0.05) is 57.9 Å². The van der Waals surface area contributed by atoms with Crippen molar-refractivity contribution in [2.24, 2.45) is 18.0 Å². The third-order valence-corrected chi connectivity index (χ3v) is 5.28. The maximum Gasteiger partial charge on any atom is 0.194 e. The normalized spacial score (nSPS) is 16.8. The molecule has 0 saturated carbocycles. The number of rotatable bonds is 6. The van der Waals surface area contributed by atoms with Crippen LogP contribution in [0.4, 0.5) is 5.69 Å². The minimum Gasteiger partial charge on any atom is -0.371 e. The van der Waals surface area contributed by atoms with E-state index >= 15 is 0 Å². The predicted molar refractivity (Wildman–Crippen MR) is 130 cm³/mol. The number of benzene rings is 1. The van der Waals surface area contributed by atoms with E-state index in [9.17, 15) is 0 Å². The van der Waals surface area contributed by atoms with Crippen LogP contribution in [0.3, 0.4) is 0 Å². The van der Waals surface area contributed by atoms with Gasteiger partial charge in [-0.15, -0.1) is 24.0 Å². The second kappa shape index (κ2) is 11.0. The Balaban J connectivity index is 0.00000280. The molecule has 5 nitrogen and oxygen atoms in total. The zero-order valence-corrected chi connectivity index (χ0v) is 20.0. The van der Waals surface area contributed by atoms with Crippen molar-refractivity contribution in [2.75, 3.05) is 38.1 Å². The molecule has 1 fully saturated rings. The van der Waals surface area contributed by atoms with Crippen LogP contribution in [0, 0.1) is 5.92 Å². The number of aliphatic imine (C=N–C) groups is 1. The fourth-order valence-corrected chi connectivity index (χ4v) is 3.85. The number of aryl methyl sites for hydroxylation is 1. The maximum atomic E-state index is 6.11. The van der Waals surface area contributed by atoms with Crippen LogP contribution in [-0.2, 0) is 13.6 Å². The van der Waals surface area contributed by atoms with Crippen LogP contribution in [0.15, 0.2) is 47.6 Å². The van der Waals surface area contributed by atoms with Crippen LogP contribution in [0.1, 0.15) is 19.0 Å². The van der Waals surface area contributed by atoms with Crippen molar-refractivity contribution in [1.82, 2.24) is 14.8 Å². The summed E-state index contributed by atoms with van der Waals surface area (Å²) in [5.41, 5.74) is 2.48. The predicted octanol–water partition coefficient (Wildman–Crippen LogP) is 4.22. The number of aromatic nitrogens is 1. The van der Waals surface area contributed by atoms with Crippen molar-refractivity contribution in [3.8, 4) is 0 Å². The molecule has 0 bridgehead atoms. The topological polar surface area (TPSA) is 35.8 Å². The summed E-state index contributed by atoms with van der Waals surface area (Å²) in [6.07, 6.45) is 3.13. The molecule has 1 aliphatic rings. The first-order chi connectivity index (χ1) is 13.1. The molecule has 1 N–H and O–H groups in total. The van der Waals surface area contributed by atoms with Gasteiger partial charge in [0.05, 0.1) is 11.6 Å². The number of hydrogen-bond donors (Lipinski definition) is 1. The van der Waals surface area contributed by atoms with Crippen LogP contribution in [-0.4, -0.2) is 48.7 Å². The zero-order valence-electron chi connectivity index (χ0n) is 16.9. The van der Waals surface area contributed by atoms with E-state index in [1.54, 1.807) is 0 Å². The molecule has 28 heavy (non-hydrogen) atoms. The molecule has 0 spiro atoms. The third-order valence-electron chi connectivity index (χ3n) is 5.08. The summed E-state index contributed by atoms with van der Waals surface area (Å²) in [5.74, 6) is 1.55. The van der Waals surface area contributed by atoms with E-state index in [4.69, 9.17) is 16.6 Å². The highest BCUT2D eigenvalue weighted by Crippen LogP contribution is 2.23. The first-order valence-electron chi connectivity index (χ1n) is 9.67. The fraction of sp³-hybridized carbons (Fsp3) is 0.476. The molecule has 0 aliphatic carbocycles. The minimum absolute atomic E-state index is 0. The largest absolute Gasteiger partial charge is 0.371 e. The molecule has 1 aromatic carbocycles. The van der Waals surface area contributed by atoms with Crippen molar-refractivity contribution < 1.29 is 0 Å². The van der Waals surface area contributed by atoms with Gasteiger partial charge in [0.2, 0.25) is 0 Å². The average Bonchev–Trinajstić information content (AvgIpc) is 3.25. The molecule has 1 saturated heterocycles. The van der Waals surface area contributed by atoms with E-state index in [2.05, 4.69) is 64.0 Å². The zero-order chi connectivity index (χ0) is 19.2. The van der Waals surface area contributed by atoms with Crippen LogP contribution >= 0.6 is 35.6 Å². The lowest BCUT2D eigenvalue weighted by Crippen LogP contribution is -2.39. The number of hydrogen-bond acceptors (Lipinski definition) is 2. The quantitative estimate of drug-likeness (QED) is 0.355. The highest BCUT2D eigenvalue weighted by atomic mass is 127. The Labute approximate surface area is 190 Å². The number of halogens is 2. The molecule has 1 unspecified atom stereocenters. The Kier molecular flexibility index (Phi) is 8.95. The summed E-state index contributed by atoms with van der Waals surface area (Å²) in [4.78, 5) is 9.55. The summed E-state index contributed by atoms with van der Waals surface area (Å²) in [6, 6.07) is 12.7. The van der Waals surface area contributed by atoms with Crippen LogP contribution in [0.25, 0.3) is 0 Å². The van der Waals surface area contributed by atoms with Gasteiger partial charge in [-0.05, 0) is 37.5 Å². The molecular formula is C21H31ClIN5. The number of para-hydroxylation sites is 1. The monoisotopic (exact) mass is 515 g/mol. The molecule has 1 aromatic heterocycles. The van der Waals surface area contributed by atoms with Crippen LogP contribution in [0.5, 0.6) is 0 Å². The number of anilines is 1. The third kappa shape index (κ3) is 6.04. The molecule has 7 heteroatoms. The van der Waals surface area contributed by atoms with Gasteiger partial charge in [0.15, 0.2) is 5.96 Å². The standard InChI is InChI=1S/C21H30ClN5.HI/c1-4-23-21(26(3)16-20-12-18(22)15-25(20)2)24-13-17-10-11-27(14-17)19-8-6-5-7-9-19;/h5-9,12,15,17H,4,10-11,13-14,16H2,1-3H3,(H,23,24);1H. The van der Waals surface area contributed by atoms with Gasteiger partial charge >= 0.3 is 0 Å². The van der Waals surface area contributed by atoms with E-state index in [-0.39, 0.29) is 24.0 Å². The van der Waals surface area contributed by atoms with Gasteiger partial charge in [0.1, 0.15) is 0 Å². The molecule has 2 aromatic rings. The lowest BCUT2D eigenvalue weighted by atomic mass is 10.1. The van der Waals surface area contributed by atoms with Crippen molar-refractivity contribution in [1.29, 1.82) is 0 Å². The Morgan fingerprint density at radius 3 is 2.71 bits per heavy atom. The molecule has 154 valence electrons. The van der Waals surface area contributed by atoms with E-state index in [1.165, 1.54) is 17.8 Å². The number of guanidine groups is 1. The highest BCUT2D eigenvalue weighted by molar-refractivity contribution is 14.0. The fourth-order valence-electron chi connectivity index (χ4n) is 3.58. The Morgan fingerprint density at radius 2 is 2.07 bits per heavy atom. The number of nitrogens with one attached hydrogen (secondary N) is 1. The van der Waals surface area contributed by atoms with Crippen molar-refractivity contribution in [2.45, 2.75) is 19.9 Å². The first kappa shape index (κ1) is 22.9. The van der Waals surface area contributed by atoms with Gasteiger partial charge in [0.25, 0.3) is 0 Å². The smallest absolute Gasteiger partial charge is 0.194 e. The Morgan fingerprint density at radius 1 is 1.32 bits per heavy atom. The van der Waals surface area contributed by atoms with E-state index in [1.807, 2.05) is 19.3 Å². The molecule has 1 aliphatic heterocycles. The Bertz CT molecular complexity index is 761. The molecule has 0 amide bonds. The van der Waals surface area contributed by atoms with Crippen LogP contribution in [0.2, 0.25) is 5.02 Å². The summed E-state index contributed by atoms with van der Waals surface area (Å²) >= 11 is 6.11. The van der Waals surface area contributed by atoms with Gasteiger partial charge in [-0.3, -0.25) is 4.99 Å². The summed E-state index contributed by atoms with van der Waals surface area (Å²) in [7, 11) is 4.10. The van der Waals surface area contributed by atoms with Crippen LogP contribution < -0.4 is 10.2 Å². The lowest BCUT2D eigenvalue weighted by Gasteiger charge is -2.23. The molecular weight excluding hydrogens is 485 g/mol. The lowest BCUT2D eigenvalue weighted by molar-refractivity contribution is 0.458. The number of nitrogens with zero attached hydrogens (tertiary/aromatic N) is 4. The van der Waals surface area contributed by atoms with E-state index in [0.717, 1.165) is 43.7 Å². The Hall–Kier alpha value is -1.41. The van der Waals surface area contributed by atoms with Crippen molar-refractivity contribution in [3.05, 3.63) is 53.3 Å². The second-order valence-corrected chi connectivity index (χ2v) is 7.68. The van der Waals surface area contributed by atoms with Crippen molar-refractivity contribution >= 4 is 47.2 Å².